The van der Waals surface area contributed by atoms with Crippen LogP contribution < -0.4 is 5.56 Å². The second kappa shape index (κ2) is 5.92. The van der Waals surface area contributed by atoms with Crippen LogP contribution in [0.1, 0.15) is 34.8 Å². The van der Waals surface area contributed by atoms with E-state index in [2.05, 4.69) is 9.97 Å². The van der Waals surface area contributed by atoms with Gasteiger partial charge in [-0.15, -0.1) is 0 Å². The number of fused-ring (bicyclic) bond motifs is 1. The van der Waals surface area contributed by atoms with Gasteiger partial charge in [0, 0.05) is 35.9 Å². The monoisotopic (exact) mass is 319 g/mol. The van der Waals surface area contributed by atoms with Gasteiger partial charge in [-0.2, -0.15) is 0 Å². The number of nitrogens with one attached hydrogen (secondary N) is 1. The van der Waals surface area contributed by atoms with Gasteiger partial charge in [-0.05, 0) is 30.5 Å². The maximum atomic E-state index is 13.1. The Bertz CT molecular complexity index is 949. The Morgan fingerprint density at radius 1 is 1.21 bits per heavy atom. The third kappa shape index (κ3) is 2.48. The molecule has 1 unspecified atom stereocenters. The highest BCUT2D eigenvalue weighted by Gasteiger charge is 2.31. The first-order chi connectivity index (χ1) is 11.7. The number of pyridine rings is 2. The average molecular weight is 319 g/mol. The number of hydrogen-bond donors (Lipinski definition) is 1. The fraction of sp³-hybridized carbons (Fsp3) is 0.211. The van der Waals surface area contributed by atoms with Gasteiger partial charge in [-0.1, -0.05) is 24.3 Å². The summed E-state index contributed by atoms with van der Waals surface area (Å²) in [6.45, 7) is 0.694. The zero-order valence-electron chi connectivity index (χ0n) is 13.1. The third-order valence-corrected chi connectivity index (χ3v) is 4.56. The summed E-state index contributed by atoms with van der Waals surface area (Å²) in [5, 5.41) is 0.777. The van der Waals surface area contributed by atoms with Crippen molar-refractivity contribution in [2.24, 2.45) is 0 Å². The molecule has 3 aromatic rings. The lowest BCUT2D eigenvalue weighted by Gasteiger charge is -2.25. The molecule has 1 amide bonds. The summed E-state index contributed by atoms with van der Waals surface area (Å²) in [7, 11) is 0. The van der Waals surface area contributed by atoms with E-state index in [1.807, 2.05) is 47.5 Å². The van der Waals surface area contributed by atoms with Crippen LogP contribution in [0.2, 0.25) is 0 Å². The molecule has 1 saturated heterocycles. The second-order valence-electron chi connectivity index (χ2n) is 6.04. The van der Waals surface area contributed by atoms with Gasteiger partial charge in [0.15, 0.2) is 0 Å². The maximum Gasteiger partial charge on any atom is 0.255 e. The van der Waals surface area contributed by atoms with E-state index in [1.165, 1.54) is 6.07 Å². The minimum atomic E-state index is -0.255. The van der Waals surface area contributed by atoms with Crippen LogP contribution in [-0.2, 0) is 0 Å². The fourth-order valence-electron chi connectivity index (χ4n) is 3.47. The highest BCUT2D eigenvalue weighted by atomic mass is 16.2. The number of amides is 1. The Kier molecular flexibility index (Phi) is 3.61. The number of hydrogen-bond acceptors (Lipinski definition) is 3. The van der Waals surface area contributed by atoms with E-state index < -0.39 is 0 Å². The van der Waals surface area contributed by atoms with E-state index in [4.69, 9.17) is 0 Å². The first-order valence-electron chi connectivity index (χ1n) is 8.07. The minimum Gasteiger partial charge on any atom is -0.332 e. The zero-order chi connectivity index (χ0) is 16.5. The van der Waals surface area contributed by atoms with E-state index in [-0.39, 0.29) is 17.5 Å². The largest absolute Gasteiger partial charge is 0.332 e. The highest BCUT2D eigenvalue weighted by molar-refractivity contribution is 6.06. The van der Waals surface area contributed by atoms with Crippen molar-refractivity contribution in [3.05, 3.63) is 76.3 Å². The summed E-state index contributed by atoms with van der Waals surface area (Å²) in [4.78, 5) is 33.9. The summed E-state index contributed by atoms with van der Waals surface area (Å²) < 4.78 is 0. The van der Waals surface area contributed by atoms with E-state index in [9.17, 15) is 9.59 Å². The Balaban J connectivity index is 1.77. The molecule has 5 heteroatoms. The molecule has 2 aromatic heterocycles. The normalized spacial score (nSPS) is 17.3. The molecule has 0 spiro atoms. The fourth-order valence-corrected chi connectivity index (χ4v) is 3.47. The predicted octanol–water partition coefficient (Wildman–Crippen LogP) is 2.90. The van der Waals surface area contributed by atoms with E-state index in [1.54, 1.807) is 6.20 Å². The molecule has 3 heterocycles. The quantitative estimate of drug-likeness (QED) is 0.790. The highest BCUT2D eigenvalue weighted by Crippen LogP contribution is 2.33. The van der Waals surface area contributed by atoms with Gasteiger partial charge in [0.2, 0.25) is 5.56 Å². The molecule has 1 aromatic carbocycles. The van der Waals surface area contributed by atoms with Gasteiger partial charge in [0.05, 0.1) is 11.6 Å². The van der Waals surface area contributed by atoms with Crippen molar-refractivity contribution >= 4 is 16.8 Å². The summed E-state index contributed by atoms with van der Waals surface area (Å²) in [6, 6.07) is 12.7. The number of nitrogens with zero attached hydrogens (tertiary/aromatic N) is 2. The molecule has 0 radical (unpaired) electrons. The smallest absolute Gasteiger partial charge is 0.255 e. The molecule has 1 aliphatic rings. The van der Waals surface area contributed by atoms with Crippen LogP contribution in [0.5, 0.6) is 0 Å². The van der Waals surface area contributed by atoms with E-state index >= 15 is 0 Å². The molecule has 5 nitrogen and oxygen atoms in total. The number of likely N-dealkylation sites (tertiary alicyclic amines) is 1. The number of benzene rings is 1. The molecule has 1 fully saturated rings. The van der Waals surface area contributed by atoms with Gasteiger partial charge in [-0.3, -0.25) is 14.6 Å². The van der Waals surface area contributed by atoms with Crippen LogP contribution >= 0.6 is 0 Å². The lowest BCUT2D eigenvalue weighted by Crippen LogP contribution is -2.31. The molecule has 24 heavy (non-hydrogen) atoms. The molecule has 0 saturated carbocycles. The van der Waals surface area contributed by atoms with E-state index in [0.717, 1.165) is 23.8 Å². The first-order valence-corrected chi connectivity index (χ1v) is 8.07. The molecular formula is C19H17N3O2. The number of H-pyrrole nitrogens is 1. The van der Waals surface area contributed by atoms with Crippen molar-refractivity contribution in [2.45, 2.75) is 18.9 Å². The Hall–Kier alpha value is -2.95. The standard InChI is InChI=1S/C19H17N3O2/c23-18-11-15(14-6-1-2-7-16(14)21-18)19(24)22-10-4-8-17(22)13-5-3-9-20-12-13/h1-3,5-7,9,11-12,17H,4,8,10H2,(H,21,23). The Morgan fingerprint density at radius 2 is 2.08 bits per heavy atom. The third-order valence-electron chi connectivity index (χ3n) is 4.56. The Morgan fingerprint density at radius 3 is 2.92 bits per heavy atom. The summed E-state index contributed by atoms with van der Waals surface area (Å²) in [5.74, 6) is -0.0938. The molecule has 0 aliphatic carbocycles. The number of para-hydroxylation sites is 1. The lowest BCUT2D eigenvalue weighted by molar-refractivity contribution is 0.0737. The number of carbonyl (C=O) groups is 1. The number of carbonyl (C=O) groups excluding carboxylic acids is 1. The van der Waals surface area contributed by atoms with Crippen LogP contribution in [0, 0.1) is 0 Å². The van der Waals surface area contributed by atoms with Crippen LogP contribution in [0.4, 0.5) is 0 Å². The maximum absolute atomic E-state index is 13.1. The molecule has 1 N–H and O–H groups in total. The van der Waals surface area contributed by atoms with Crippen LogP contribution in [0.3, 0.4) is 0 Å². The Labute approximate surface area is 139 Å². The van der Waals surface area contributed by atoms with Crippen molar-refractivity contribution in [3.63, 3.8) is 0 Å². The predicted molar refractivity (Wildman–Crippen MR) is 91.8 cm³/mol. The van der Waals surface area contributed by atoms with Gasteiger partial charge in [0.1, 0.15) is 0 Å². The molecule has 0 bridgehead atoms. The summed E-state index contributed by atoms with van der Waals surface area (Å²) in [5.41, 5.74) is 1.93. The molecule has 120 valence electrons. The van der Waals surface area contributed by atoms with Crippen LogP contribution in [0.15, 0.2) is 59.7 Å². The molecule has 4 rings (SSSR count). The van der Waals surface area contributed by atoms with E-state index in [0.29, 0.717) is 17.6 Å². The van der Waals surface area contributed by atoms with Gasteiger partial charge in [0.25, 0.3) is 5.91 Å². The van der Waals surface area contributed by atoms with Gasteiger partial charge < -0.3 is 9.88 Å². The summed E-state index contributed by atoms with van der Waals surface area (Å²) in [6.07, 6.45) is 5.41. The lowest BCUT2D eigenvalue weighted by atomic mass is 10.0. The first kappa shape index (κ1) is 14.6. The van der Waals surface area contributed by atoms with Crippen LogP contribution in [0.25, 0.3) is 10.9 Å². The number of aromatic nitrogens is 2. The van der Waals surface area contributed by atoms with Crippen LogP contribution in [-0.4, -0.2) is 27.3 Å². The zero-order valence-corrected chi connectivity index (χ0v) is 13.1. The van der Waals surface area contributed by atoms with Crippen molar-refractivity contribution < 1.29 is 4.79 Å². The van der Waals surface area contributed by atoms with Crippen molar-refractivity contribution in [1.82, 2.24) is 14.9 Å². The number of aromatic amines is 1. The minimum absolute atomic E-state index is 0.0178. The SMILES string of the molecule is O=C(c1cc(=O)[nH]c2ccccc12)N1CCCC1c1cccnc1. The second-order valence-corrected chi connectivity index (χ2v) is 6.04. The van der Waals surface area contributed by atoms with Crippen molar-refractivity contribution in [1.29, 1.82) is 0 Å². The average Bonchev–Trinajstić information content (AvgIpc) is 3.11. The van der Waals surface area contributed by atoms with Gasteiger partial charge >= 0.3 is 0 Å². The molecular weight excluding hydrogens is 302 g/mol. The number of rotatable bonds is 2. The van der Waals surface area contributed by atoms with Crippen molar-refractivity contribution in [3.8, 4) is 0 Å². The summed E-state index contributed by atoms with van der Waals surface area (Å²) >= 11 is 0. The van der Waals surface area contributed by atoms with Gasteiger partial charge in [-0.25, -0.2) is 0 Å². The molecule has 1 atom stereocenters. The van der Waals surface area contributed by atoms with Crippen molar-refractivity contribution in [2.75, 3.05) is 6.54 Å². The topological polar surface area (TPSA) is 66.1 Å². The molecule has 1 aliphatic heterocycles.